The van der Waals surface area contributed by atoms with Gasteiger partial charge in [0, 0.05) is 21.8 Å². The van der Waals surface area contributed by atoms with E-state index in [0.717, 1.165) is 11.6 Å². The van der Waals surface area contributed by atoms with Crippen molar-refractivity contribution in [3.63, 3.8) is 0 Å². The maximum atomic E-state index is 13.0. The molecule has 0 atom stereocenters. The Morgan fingerprint density at radius 3 is 2.27 bits per heavy atom. The van der Waals surface area contributed by atoms with Crippen LogP contribution < -0.4 is 11.1 Å². The maximum absolute atomic E-state index is 13.0. The van der Waals surface area contributed by atoms with Crippen LogP contribution >= 0.6 is 23.2 Å². The fourth-order valence-corrected chi connectivity index (χ4v) is 3.15. The normalized spacial score (nSPS) is 12.5. The molecule has 0 fully saturated rings. The second-order valence-corrected chi connectivity index (χ2v) is 7.88. The number of rotatable bonds is 5. The molecule has 0 aliphatic heterocycles. The Hall–Kier alpha value is -3.29. The molecule has 33 heavy (non-hydrogen) atoms. The van der Waals surface area contributed by atoms with Crippen molar-refractivity contribution in [3.05, 3.63) is 105 Å². The number of aryl methyl sites for hydroxylation is 1. The summed E-state index contributed by atoms with van der Waals surface area (Å²) in [6.45, 7) is 1.82. The number of nitrogens with zero attached hydrogens (tertiary/aromatic N) is 1. The van der Waals surface area contributed by atoms with E-state index in [1.807, 2.05) is 6.92 Å². The van der Waals surface area contributed by atoms with Crippen LogP contribution in [0.2, 0.25) is 10.0 Å². The molecule has 0 saturated carbocycles. The highest BCUT2D eigenvalue weighted by Crippen LogP contribution is 2.27. The Morgan fingerprint density at radius 2 is 1.64 bits per heavy atom. The van der Waals surface area contributed by atoms with Gasteiger partial charge in [0.2, 0.25) is 0 Å². The van der Waals surface area contributed by atoms with E-state index in [4.69, 9.17) is 28.9 Å². The third kappa shape index (κ3) is 6.37. The molecule has 170 valence electrons. The van der Waals surface area contributed by atoms with Gasteiger partial charge >= 0.3 is 6.18 Å². The number of carbonyl (C=O) groups excluding carboxylic acids is 1. The molecule has 3 aromatic rings. The van der Waals surface area contributed by atoms with Gasteiger partial charge in [0.05, 0.1) is 16.4 Å². The summed E-state index contributed by atoms with van der Waals surface area (Å²) in [6.07, 6.45) is -4.00. The Balaban J connectivity index is 1.94. The Labute approximate surface area is 198 Å². The second kappa shape index (κ2) is 10.1. The minimum Gasteiger partial charge on any atom is -0.395 e. The third-order valence-electron chi connectivity index (χ3n) is 4.60. The first-order valence-corrected chi connectivity index (χ1v) is 10.4. The van der Waals surface area contributed by atoms with Crippen LogP contribution in [-0.2, 0) is 0 Å². The number of amides is 1. The van der Waals surface area contributed by atoms with Gasteiger partial charge < -0.3 is 11.1 Å². The molecule has 1 amide bonds. The van der Waals surface area contributed by atoms with E-state index in [1.54, 1.807) is 42.5 Å². The van der Waals surface area contributed by atoms with Crippen molar-refractivity contribution < 1.29 is 18.0 Å². The fourth-order valence-electron chi connectivity index (χ4n) is 2.80. The molecule has 3 aromatic carbocycles. The number of hydrogen-bond acceptors (Lipinski definition) is 3. The molecule has 0 bridgehead atoms. The lowest BCUT2D eigenvalue weighted by atomic mass is 10.1. The number of halogens is 5. The molecule has 0 saturated heterocycles. The number of nitrogens with one attached hydrogen (secondary N) is 1. The van der Waals surface area contributed by atoms with Crippen LogP contribution in [0.15, 0.2) is 83.5 Å². The number of hydrogen-bond donors (Lipinski definition) is 2. The van der Waals surface area contributed by atoms with Crippen LogP contribution in [0.25, 0.3) is 0 Å². The molecule has 3 rings (SSSR count). The number of allylic oxidation sites excluding steroid dienone is 2. The summed E-state index contributed by atoms with van der Waals surface area (Å²) in [7, 11) is 0. The van der Waals surface area contributed by atoms with Crippen LogP contribution in [0.4, 0.5) is 24.5 Å². The summed E-state index contributed by atoms with van der Waals surface area (Å²) < 4.78 is 39.1. The average molecular weight is 492 g/mol. The first-order valence-electron chi connectivity index (χ1n) is 9.60. The van der Waals surface area contributed by atoms with E-state index in [-0.39, 0.29) is 16.4 Å². The van der Waals surface area contributed by atoms with Crippen molar-refractivity contribution in [2.45, 2.75) is 13.1 Å². The van der Waals surface area contributed by atoms with Crippen molar-refractivity contribution in [2.24, 2.45) is 10.7 Å². The van der Waals surface area contributed by atoms with Gasteiger partial charge in [-0.15, -0.1) is 0 Å². The fraction of sp³-hybridized carbons (Fsp3) is 0.0833. The zero-order chi connectivity index (χ0) is 24.2. The average Bonchev–Trinajstić information content (AvgIpc) is 2.76. The zero-order valence-corrected chi connectivity index (χ0v) is 18.8. The van der Waals surface area contributed by atoms with Crippen LogP contribution in [-0.4, -0.2) is 17.8 Å². The molecule has 0 spiro atoms. The van der Waals surface area contributed by atoms with E-state index in [1.165, 1.54) is 24.3 Å². The number of benzene rings is 3. The lowest BCUT2D eigenvalue weighted by Gasteiger charge is -2.11. The van der Waals surface area contributed by atoms with E-state index in [2.05, 4.69) is 10.3 Å². The van der Waals surface area contributed by atoms with Gasteiger partial charge in [-0.2, -0.15) is 13.2 Å². The molecular formula is C24H18Cl2F3N3O. The minimum absolute atomic E-state index is 0.0597. The molecule has 0 aromatic heterocycles. The maximum Gasteiger partial charge on any atom is 0.430 e. The lowest BCUT2D eigenvalue weighted by Crippen LogP contribution is -2.21. The number of carbonyl (C=O) groups is 1. The standard InChI is InChI=1S/C24H18Cl2F3N3O/c1-14-6-11-17(25)12-20(14)32-23(33)16-9-7-15(8-10-16)21(13-22(30)24(27,28)29)31-19-5-3-2-4-18(19)26/h2-13H,30H2,1H3,(H,32,33)/b22-13-,31-21?. The van der Waals surface area contributed by atoms with Gasteiger partial charge in [0.15, 0.2) is 0 Å². The summed E-state index contributed by atoms with van der Waals surface area (Å²) in [6, 6.07) is 17.5. The summed E-state index contributed by atoms with van der Waals surface area (Å²) >= 11 is 12.1. The molecule has 0 heterocycles. The topological polar surface area (TPSA) is 67.5 Å². The summed E-state index contributed by atoms with van der Waals surface area (Å²) in [5, 5.41) is 3.50. The van der Waals surface area contributed by atoms with Crippen molar-refractivity contribution in [2.75, 3.05) is 5.32 Å². The minimum atomic E-state index is -4.73. The van der Waals surface area contributed by atoms with Crippen LogP contribution in [0.3, 0.4) is 0 Å². The van der Waals surface area contributed by atoms with E-state index in [9.17, 15) is 18.0 Å². The number of anilines is 1. The van der Waals surface area contributed by atoms with Crippen molar-refractivity contribution in [1.82, 2.24) is 0 Å². The van der Waals surface area contributed by atoms with Gasteiger partial charge in [-0.3, -0.25) is 4.79 Å². The number of para-hydroxylation sites is 1. The third-order valence-corrected chi connectivity index (χ3v) is 5.16. The Bertz CT molecular complexity index is 1240. The predicted octanol–water partition coefficient (Wildman–Crippen LogP) is 7.08. The first-order chi connectivity index (χ1) is 15.5. The monoisotopic (exact) mass is 491 g/mol. The van der Waals surface area contributed by atoms with Crippen LogP contribution in [0.1, 0.15) is 21.5 Å². The molecule has 9 heteroatoms. The first kappa shape index (κ1) is 24.4. The predicted molar refractivity (Wildman–Crippen MR) is 127 cm³/mol. The largest absolute Gasteiger partial charge is 0.430 e. The number of aliphatic imine (C=N–C) groups is 1. The smallest absolute Gasteiger partial charge is 0.395 e. The zero-order valence-electron chi connectivity index (χ0n) is 17.3. The highest BCUT2D eigenvalue weighted by atomic mass is 35.5. The molecule has 4 nitrogen and oxygen atoms in total. The SMILES string of the molecule is Cc1ccc(Cl)cc1NC(=O)c1ccc(C(/C=C(\N)C(F)(F)F)=Nc2ccccc2Cl)cc1. The Morgan fingerprint density at radius 1 is 1.00 bits per heavy atom. The van der Waals surface area contributed by atoms with Gasteiger partial charge in [-0.05, 0) is 55.0 Å². The molecule has 0 radical (unpaired) electrons. The van der Waals surface area contributed by atoms with E-state index < -0.39 is 17.8 Å². The summed E-state index contributed by atoms with van der Waals surface area (Å²) in [4.78, 5) is 16.9. The Kier molecular flexibility index (Phi) is 7.46. The molecule has 0 unspecified atom stereocenters. The highest BCUT2D eigenvalue weighted by Gasteiger charge is 2.31. The molecular weight excluding hydrogens is 474 g/mol. The molecule has 3 N–H and O–H groups in total. The van der Waals surface area contributed by atoms with Crippen LogP contribution in [0.5, 0.6) is 0 Å². The van der Waals surface area contributed by atoms with Gasteiger partial charge in [0.25, 0.3) is 5.91 Å². The molecule has 0 aliphatic rings. The lowest BCUT2D eigenvalue weighted by molar-refractivity contribution is -0.0925. The number of nitrogens with two attached hydrogens (primary N) is 1. The quantitative estimate of drug-likeness (QED) is 0.374. The van der Waals surface area contributed by atoms with Gasteiger partial charge in [-0.25, -0.2) is 4.99 Å². The van der Waals surface area contributed by atoms with Crippen molar-refractivity contribution in [3.8, 4) is 0 Å². The van der Waals surface area contributed by atoms with Gasteiger partial charge in [0.1, 0.15) is 5.70 Å². The second-order valence-electron chi connectivity index (χ2n) is 7.04. The summed E-state index contributed by atoms with van der Waals surface area (Å²) in [5.74, 6) is -0.401. The van der Waals surface area contributed by atoms with Gasteiger partial charge in [-0.1, -0.05) is 53.5 Å². The number of alkyl halides is 3. The molecule has 0 aliphatic carbocycles. The summed E-state index contributed by atoms with van der Waals surface area (Å²) in [5.41, 5.74) is 6.11. The van der Waals surface area contributed by atoms with Crippen molar-refractivity contribution >= 4 is 46.2 Å². The van der Waals surface area contributed by atoms with Crippen molar-refractivity contribution in [1.29, 1.82) is 0 Å². The van der Waals surface area contributed by atoms with Crippen LogP contribution in [0, 0.1) is 6.92 Å². The van der Waals surface area contributed by atoms with E-state index in [0.29, 0.717) is 21.8 Å². The van der Waals surface area contributed by atoms with E-state index >= 15 is 0 Å². The highest BCUT2D eigenvalue weighted by molar-refractivity contribution is 6.33.